The van der Waals surface area contributed by atoms with Crippen LogP contribution < -0.4 is 5.73 Å². The molecule has 0 spiro atoms. The number of carboxylic acid groups (broad SMARTS) is 1. The summed E-state index contributed by atoms with van der Waals surface area (Å²) in [5, 5.41) is 11.0. The minimum absolute atomic E-state index is 0.961. The van der Waals surface area contributed by atoms with Crippen LogP contribution in [0.15, 0.2) is 5.11 Å². The first-order valence-electron chi connectivity index (χ1n) is 4.69. The molecule has 0 heterocycles. The van der Waals surface area contributed by atoms with Crippen molar-refractivity contribution in [2.75, 3.05) is 0 Å². The van der Waals surface area contributed by atoms with Crippen molar-refractivity contribution in [2.24, 2.45) is 10.8 Å². The smallest absolute Gasteiger partial charge is 0.320 e. The molecule has 0 aliphatic rings. The van der Waals surface area contributed by atoms with E-state index in [2.05, 4.69) is 5.11 Å². The predicted molar refractivity (Wildman–Crippen MR) is 54.4 cm³/mol. The number of hydrogen-bond acceptors (Lipinski definition) is 3. The molecule has 0 saturated carbocycles. The van der Waals surface area contributed by atoms with E-state index in [0.29, 0.717) is 0 Å². The lowest BCUT2D eigenvalue weighted by atomic mass is 10.0. The van der Waals surface area contributed by atoms with Gasteiger partial charge in [-0.15, -0.1) is 0 Å². The summed E-state index contributed by atoms with van der Waals surface area (Å²) in [5.74, 6) is -9.12. The van der Waals surface area contributed by atoms with Crippen LogP contribution in [0.4, 0.5) is 23.2 Å². The van der Waals surface area contributed by atoms with Crippen molar-refractivity contribution in [1.29, 1.82) is 0 Å². The molecule has 0 unspecified atom stereocenters. The molecule has 1 aromatic rings. The molecule has 3 N–H and O–H groups in total. The van der Waals surface area contributed by atoms with Gasteiger partial charge >= 0.3 is 5.97 Å². The highest BCUT2D eigenvalue weighted by Crippen LogP contribution is 2.30. The van der Waals surface area contributed by atoms with Crippen LogP contribution >= 0.6 is 0 Å². The first-order valence-corrected chi connectivity index (χ1v) is 4.69. The summed E-state index contributed by atoms with van der Waals surface area (Å²) in [4.78, 5) is 12.5. The van der Waals surface area contributed by atoms with E-state index < -0.39 is 53.0 Å². The number of nitrogens with two attached hydrogens (primary N) is 1. The number of rotatable bonds is 4. The Morgan fingerprint density at radius 1 is 1.26 bits per heavy atom. The van der Waals surface area contributed by atoms with Gasteiger partial charge in [-0.1, -0.05) is 5.11 Å². The lowest BCUT2D eigenvalue weighted by Gasteiger charge is -2.11. The molecule has 1 rings (SSSR count). The summed E-state index contributed by atoms with van der Waals surface area (Å²) in [5.41, 5.74) is 10.4. The van der Waals surface area contributed by atoms with E-state index in [0.717, 1.165) is 0 Å². The molecule has 0 aliphatic heterocycles. The Balaban J connectivity index is 3.43. The number of benzene rings is 1. The van der Waals surface area contributed by atoms with Crippen molar-refractivity contribution < 1.29 is 27.5 Å². The lowest BCUT2D eigenvalue weighted by Crippen LogP contribution is -2.33. The second kappa shape index (κ2) is 5.55. The van der Waals surface area contributed by atoms with Gasteiger partial charge < -0.3 is 10.8 Å². The molecule has 0 amide bonds. The third-order valence-electron chi connectivity index (χ3n) is 2.22. The van der Waals surface area contributed by atoms with Crippen molar-refractivity contribution in [2.45, 2.75) is 12.5 Å². The summed E-state index contributed by atoms with van der Waals surface area (Å²) in [6.45, 7) is 0. The first kappa shape index (κ1) is 14.7. The van der Waals surface area contributed by atoms with Crippen LogP contribution in [-0.2, 0) is 11.2 Å². The SMILES string of the molecule is [N-]=[N+]=Nc1c(F)c(F)c(C[C@H](N)C(=O)O)c(F)c1F. The van der Waals surface area contributed by atoms with E-state index >= 15 is 0 Å². The standard InChI is InChI=1S/C9H6F4N4O2/c10-4-2(1-3(14)9(18)19)5(11)7(13)8(6(4)12)16-17-15/h3H,1,14H2,(H,18,19)/t3-/m0/s1. The topological polar surface area (TPSA) is 112 Å². The monoisotopic (exact) mass is 278 g/mol. The maximum atomic E-state index is 13.4. The van der Waals surface area contributed by atoms with Crippen LogP contribution in [0.3, 0.4) is 0 Å². The van der Waals surface area contributed by atoms with Gasteiger partial charge in [0, 0.05) is 16.9 Å². The molecule has 0 aliphatic carbocycles. The second-order valence-electron chi connectivity index (χ2n) is 3.42. The van der Waals surface area contributed by atoms with Crippen LogP contribution in [0.1, 0.15) is 5.56 Å². The fourth-order valence-corrected chi connectivity index (χ4v) is 1.28. The van der Waals surface area contributed by atoms with Gasteiger partial charge in [-0.3, -0.25) is 4.79 Å². The summed E-state index contributed by atoms with van der Waals surface area (Å²) in [6, 6.07) is -1.74. The maximum Gasteiger partial charge on any atom is 0.320 e. The van der Waals surface area contributed by atoms with E-state index in [9.17, 15) is 22.4 Å². The van der Waals surface area contributed by atoms with E-state index in [1.54, 1.807) is 0 Å². The van der Waals surface area contributed by atoms with Crippen LogP contribution in [0.2, 0.25) is 0 Å². The Labute approximate surface area is 103 Å². The zero-order chi connectivity index (χ0) is 14.7. The van der Waals surface area contributed by atoms with Gasteiger partial charge in [0.05, 0.1) is 0 Å². The van der Waals surface area contributed by atoms with Crippen LogP contribution in [0, 0.1) is 23.3 Å². The molecule has 0 radical (unpaired) electrons. The van der Waals surface area contributed by atoms with Gasteiger partial charge in [-0.2, -0.15) is 0 Å². The number of carbonyl (C=O) groups is 1. The van der Waals surface area contributed by atoms with Gasteiger partial charge in [0.2, 0.25) is 0 Å². The molecular formula is C9H6F4N4O2. The number of halogens is 4. The zero-order valence-corrected chi connectivity index (χ0v) is 9.07. The second-order valence-corrected chi connectivity index (χ2v) is 3.42. The predicted octanol–water partition coefficient (Wildman–Crippen LogP) is 2.14. The number of carboxylic acids is 1. The maximum absolute atomic E-state index is 13.4. The van der Waals surface area contributed by atoms with E-state index in [1.165, 1.54) is 0 Å². The molecule has 6 nitrogen and oxygen atoms in total. The lowest BCUT2D eigenvalue weighted by molar-refractivity contribution is -0.138. The van der Waals surface area contributed by atoms with Crippen molar-refractivity contribution in [3.63, 3.8) is 0 Å². The summed E-state index contributed by atoms with van der Waals surface area (Å²) < 4.78 is 53.5. The van der Waals surface area contributed by atoms with Crippen LogP contribution in [0.25, 0.3) is 10.4 Å². The highest BCUT2D eigenvalue weighted by atomic mass is 19.2. The fourth-order valence-electron chi connectivity index (χ4n) is 1.28. The molecule has 0 bridgehead atoms. The molecule has 1 atom stereocenters. The number of hydrogen-bond donors (Lipinski definition) is 2. The summed E-state index contributed by atoms with van der Waals surface area (Å²) in [6.07, 6.45) is -0.961. The molecule has 1 aromatic carbocycles. The Morgan fingerprint density at radius 2 is 1.74 bits per heavy atom. The van der Waals surface area contributed by atoms with E-state index in [-0.39, 0.29) is 0 Å². The van der Waals surface area contributed by atoms with Gasteiger partial charge in [0.25, 0.3) is 0 Å². The average molecular weight is 278 g/mol. The molecule has 0 aromatic heterocycles. The Kier molecular flexibility index (Phi) is 4.30. The normalized spacial score (nSPS) is 11.8. The van der Waals surface area contributed by atoms with Gasteiger partial charge in [0.1, 0.15) is 11.7 Å². The van der Waals surface area contributed by atoms with Gasteiger partial charge in [0.15, 0.2) is 23.3 Å². The largest absolute Gasteiger partial charge is 0.480 e. The summed E-state index contributed by atoms with van der Waals surface area (Å²) >= 11 is 0. The van der Waals surface area contributed by atoms with E-state index in [4.69, 9.17) is 16.4 Å². The summed E-state index contributed by atoms with van der Waals surface area (Å²) in [7, 11) is 0. The van der Waals surface area contributed by atoms with Crippen molar-refractivity contribution in [3.8, 4) is 0 Å². The molecule has 102 valence electrons. The minimum atomic E-state index is -1.91. The van der Waals surface area contributed by atoms with Gasteiger partial charge in [-0.25, -0.2) is 17.6 Å². The Morgan fingerprint density at radius 3 is 2.11 bits per heavy atom. The molecule has 19 heavy (non-hydrogen) atoms. The third-order valence-corrected chi connectivity index (χ3v) is 2.22. The molecule has 10 heteroatoms. The van der Waals surface area contributed by atoms with Gasteiger partial charge in [-0.05, 0) is 5.53 Å². The fraction of sp³-hybridized carbons (Fsp3) is 0.222. The zero-order valence-electron chi connectivity index (χ0n) is 9.07. The van der Waals surface area contributed by atoms with Crippen molar-refractivity contribution in [1.82, 2.24) is 0 Å². The first-order chi connectivity index (χ1) is 8.81. The van der Waals surface area contributed by atoms with Crippen molar-refractivity contribution in [3.05, 3.63) is 39.3 Å². The average Bonchev–Trinajstić information content (AvgIpc) is 2.37. The quantitative estimate of drug-likeness (QED) is 0.289. The highest BCUT2D eigenvalue weighted by Gasteiger charge is 2.27. The van der Waals surface area contributed by atoms with Crippen LogP contribution in [0.5, 0.6) is 0 Å². The molecular weight excluding hydrogens is 272 g/mol. The minimum Gasteiger partial charge on any atom is -0.480 e. The Hall–Kier alpha value is -2.32. The number of azide groups is 1. The highest BCUT2D eigenvalue weighted by molar-refractivity contribution is 5.73. The third kappa shape index (κ3) is 2.75. The Bertz CT molecular complexity index is 557. The number of aliphatic carboxylic acids is 1. The van der Waals surface area contributed by atoms with Crippen molar-refractivity contribution >= 4 is 11.7 Å². The number of nitrogens with zero attached hydrogens (tertiary/aromatic N) is 3. The molecule has 0 fully saturated rings. The van der Waals surface area contributed by atoms with E-state index in [1.807, 2.05) is 4.91 Å². The van der Waals surface area contributed by atoms with Crippen LogP contribution in [-0.4, -0.2) is 17.1 Å². The molecule has 0 saturated heterocycles.